The summed E-state index contributed by atoms with van der Waals surface area (Å²) in [6, 6.07) is 7.83. The van der Waals surface area contributed by atoms with E-state index in [-0.39, 0.29) is 42.7 Å². The number of alkyl halides is 1. The van der Waals surface area contributed by atoms with Gasteiger partial charge in [-0.1, -0.05) is 23.2 Å². The van der Waals surface area contributed by atoms with Crippen molar-refractivity contribution in [2.75, 3.05) is 19.7 Å². The van der Waals surface area contributed by atoms with E-state index in [0.717, 1.165) is 24.5 Å². The summed E-state index contributed by atoms with van der Waals surface area (Å²) in [6.45, 7) is 2.80. The van der Waals surface area contributed by atoms with Gasteiger partial charge in [-0.3, -0.25) is 9.69 Å². The summed E-state index contributed by atoms with van der Waals surface area (Å²) >= 11 is 12.3. The van der Waals surface area contributed by atoms with Gasteiger partial charge in [0.25, 0.3) is 5.91 Å². The van der Waals surface area contributed by atoms with Crippen LogP contribution in [0.1, 0.15) is 78.9 Å². The average molecular weight is 588 g/mol. The quantitative estimate of drug-likeness (QED) is 0.380. The number of hydrogen-bond donors (Lipinski definition) is 1. The molecule has 2 aliphatic carbocycles. The summed E-state index contributed by atoms with van der Waals surface area (Å²) in [5.41, 5.74) is -0.369. The Bertz CT molecular complexity index is 1320. The second kappa shape index (κ2) is 10.6. The van der Waals surface area contributed by atoms with E-state index in [9.17, 15) is 17.6 Å². The summed E-state index contributed by atoms with van der Waals surface area (Å²) in [6.07, 6.45) is 3.14. The molecule has 0 radical (unpaired) electrons. The highest BCUT2D eigenvalue weighted by atomic mass is 35.5. The number of amides is 1. The van der Waals surface area contributed by atoms with Gasteiger partial charge in [0, 0.05) is 35.2 Å². The molecule has 0 unspecified atom stereocenters. The Morgan fingerprint density at radius 1 is 1.11 bits per heavy atom. The highest BCUT2D eigenvalue weighted by molar-refractivity contribution is 7.91. The van der Waals surface area contributed by atoms with Crippen LogP contribution in [-0.4, -0.2) is 49.8 Å². The Balaban J connectivity index is 1.24. The molecular weight excluding hydrogens is 557 g/mol. The van der Waals surface area contributed by atoms with E-state index in [1.165, 1.54) is 6.07 Å². The van der Waals surface area contributed by atoms with Crippen LogP contribution in [0, 0.1) is 5.82 Å². The normalized spacial score (nSPS) is 20.7. The third kappa shape index (κ3) is 6.27. The van der Waals surface area contributed by atoms with Gasteiger partial charge in [-0.15, -0.1) is 0 Å². The van der Waals surface area contributed by atoms with Gasteiger partial charge in [0.2, 0.25) is 10.0 Å². The van der Waals surface area contributed by atoms with Crippen molar-refractivity contribution >= 4 is 39.1 Å². The largest absolute Gasteiger partial charge is 0.490 e. The number of sulfonamides is 1. The minimum Gasteiger partial charge on any atom is -0.490 e. The zero-order valence-corrected chi connectivity index (χ0v) is 23.3. The number of piperidine rings is 1. The van der Waals surface area contributed by atoms with Gasteiger partial charge < -0.3 is 4.74 Å². The number of benzene rings is 2. The molecule has 2 saturated carbocycles. The van der Waals surface area contributed by atoms with Crippen molar-refractivity contribution in [1.82, 2.24) is 9.62 Å². The van der Waals surface area contributed by atoms with E-state index in [0.29, 0.717) is 41.5 Å². The van der Waals surface area contributed by atoms with E-state index < -0.39 is 32.7 Å². The molecule has 1 N–H and O–H groups in total. The fourth-order valence-corrected chi connectivity index (χ4v) is 6.76. The van der Waals surface area contributed by atoms with Crippen molar-refractivity contribution in [3.05, 3.63) is 62.9 Å². The number of carbonyl (C=O) groups excluding carboxylic acids is 1. The molecule has 206 valence electrons. The van der Waals surface area contributed by atoms with Gasteiger partial charge >= 0.3 is 0 Å². The zero-order chi connectivity index (χ0) is 27.2. The Kier molecular flexibility index (Phi) is 7.68. The monoisotopic (exact) mass is 586 g/mol. The fourth-order valence-electron chi connectivity index (χ4n) is 4.92. The number of carbonyl (C=O) groups is 1. The van der Waals surface area contributed by atoms with Gasteiger partial charge in [0.15, 0.2) is 0 Å². The van der Waals surface area contributed by atoms with Crippen LogP contribution >= 0.6 is 23.2 Å². The molecule has 11 heteroatoms. The molecule has 2 aromatic carbocycles. The number of likely N-dealkylation sites (tertiary alicyclic amines) is 1. The number of hydrogen-bond acceptors (Lipinski definition) is 5. The van der Waals surface area contributed by atoms with Crippen LogP contribution in [-0.2, 0) is 10.0 Å². The lowest BCUT2D eigenvalue weighted by molar-refractivity contribution is 0.00614. The zero-order valence-electron chi connectivity index (χ0n) is 21.0. The molecule has 1 amide bonds. The van der Waals surface area contributed by atoms with E-state index in [2.05, 4.69) is 4.90 Å². The van der Waals surface area contributed by atoms with Crippen LogP contribution in [0.4, 0.5) is 8.78 Å². The number of rotatable bonds is 9. The molecule has 0 spiro atoms. The molecule has 1 heterocycles. The van der Waals surface area contributed by atoms with E-state index in [4.69, 9.17) is 27.9 Å². The molecule has 6 nitrogen and oxygen atoms in total. The third-order valence-electron chi connectivity index (χ3n) is 7.65. The first kappa shape index (κ1) is 27.6. The van der Waals surface area contributed by atoms with Crippen molar-refractivity contribution in [3.63, 3.8) is 0 Å². The Labute approximate surface area is 231 Å². The van der Waals surface area contributed by atoms with Gasteiger partial charge in [-0.25, -0.2) is 21.9 Å². The number of ether oxygens (including phenoxy) is 1. The smallest absolute Gasteiger partial charge is 0.267 e. The predicted molar refractivity (Wildman–Crippen MR) is 143 cm³/mol. The van der Waals surface area contributed by atoms with Crippen molar-refractivity contribution < 1.29 is 26.7 Å². The maximum Gasteiger partial charge on any atom is 0.267 e. The first-order valence-corrected chi connectivity index (χ1v) is 15.2. The Morgan fingerprint density at radius 2 is 1.74 bits per heavy atom. The van der Waals surface area contributed by atoms with Crippen LogP contribution in [0.3, 0.4) is 0 Å². The second-order valence-electron chi connectivity index (χ2n) is 10.7. The van der Waals surface area contributed by atoms with Crippen LogP contribution in [0.25, 0.3) is 0 Å². The minimum atomic E-state index is -3.81. The fraction of sp³-hybridized carbons (Fsp3) is 0.519. The standard InChI is InChI=1S/C27H30Cl2F2N2O4S/c1-16(18-10-19(28)12-20(29)11-18)33-8-6-27(31,7-9-33)15-37-25-14-24(30)23(13-22(25)17-2-3-17)26(34)32-38(35,36)21-4-5-21/h10-14,16-17,21H,2-9,15H2,1H3,(H,32,34)/t16-/m0/s1. The summed E-state index contributed by atoms with van der Waals surface area (Å²) in [4.78, 5) is 14.7. The molecule has 1 aliphatic heterocycles. The van der Waals surface area contributed by atoms with E-state index in [1.807, 2.05) is 23.8 Å². The maximum atomic E-state index is 15.7. The molecule has 38 heavy (non-hydrogen) atoms. The van der Waals surface area contributed by atoms with Crippen molar-refractivity contribution in [1.29, 1.82) is 0 Å². The van der Waals surface area contributed by atoms with Crippen LogP contribution in [0.5, 0.6) is 5.75 Å². The highest BCUT2D eigenvalue weighted by Gasteiger charge is 2.39. The number of halogens is 4. The number of nitrogens with zero attached hydrogens (tertiary/aromatic N) is 1. The Hall–Kier alpha value is -1.94. The molecule has 1 atom stereocenters. The molecule has 2 aromatic rings. The molecular formula is C27H30Cl2F2N2O4S. The van der Waals surface area contributed by atoms with E-state index >= 15 is 4.39 Å². The summed E-state index contributed by atoms with van der Waals surface area (Å²) in [7, 11) is -3.81. The lowest BCUT2D eigenvalue weighted by Gasteiger charge is -2.39. The first-order valence-electron chi connectivity index (χ1n) is 12.9. The lowest BCUT2D eigenvalue weighted by atomic mass is 9.92. The topological polar surface area (TPSA) is 75.7 Å². The van der Waals surface area contributed by atoms with Crippen LogP contribution in [0.15, 0.2) is 30.3 Å². The lowest BCUT2D eigenvalue weighted by Crippen LogP contribution is -2.45. The molecule has 3 fully saturated rings. The van der Waals surface area contributed by atoms with Crippen molar-refractivity contribution in [2.24, 2.45) is 0 Å². The molecule has 1 saturated heterocycles. The first-order chi connectivity index (χ1) is 17.9. The number of nitrogens with one attached hydrogen (secondary N) is 1. The highest BCUT2D eigenvalue weighted by Crippen LogP contribution is 2.45. The van der Waals surface area contributed by atoms with Crippen molar-refractivity contribution in [3.8, 4) is 5.75 Å². The van der Waals surface area contributed by atoms with Crippen LogP contribution < -0.4 is 9.46 Å². The molecule has 3 aliphatic rings. The SMILES string of the molecule is C[C@@H](c1cc(Cl)cc(Cl)c1)N1CCC(F)(COc2cc(F)c(C(=O)NS(=O)(=O)C3CC3)cc2C2CC2)CC1. The van der Waals surface area contributed by atoms with Crippen molar-refractivity contribution in [2.45, 2.75) is 68.3 Å². The van der Waals surface area contributed by atoms with Gasteiger partial charge in [-0.05, 0) is 86.8 Å². The molecule has 5 rings (SSSR count). The van der Waals surface area contributed by atoms with Gasteiger partial charge in [-0.2, -0.15) is 0 Å². The minimum absolute atomic E-state index is 0.00894. The van der Waals surface area contributed by atoms with Gasteiger partial charge in [0.05, 0.1) is 10.8 Å². The average Bonchev–Trinajstić information content (AvgIpc) is 3.75. The Morgan fingerprint density at radius 3 is 2.32 bits per heavy atom. The third-order valence-corrected chi connectivity index (χ3v) is 9.91. The predicted octanol–water partition coefficient (Wildman–Crippen LogP) is 6.18. The maximum absolute atomic E-state index is 15.7. The second-order valence-corrected chi connectivity index (χ2v) is 13.5. The molecule has 0 bridgehead atoms. The van der Waals surface area contributed by atoms with Gasteiger partial charge in [0.1, 0.15) is 23.8 Å². The molecule has 0 aromatic heterocycles. The van der Waals surface area contributed by atoms with Crippen LogP contribution in [0.2, 0.25) is 10.0 Å². The van der Waals surface area contributed by atoms with E-state index in [1.54, 1.807) is 6.07 Å². The summed E-state index contributed by atoms with van der Waals surface area (Å²) in [5, 5.41) is 0.506. The summed E-state index contributed by atoms with van der Waals surface area (Å²) < 4.78 is 62.7. The summed E-state index contributed by atoms with van der Waals surface area (Å²) in [5.74, 6) is -1.62.